The van der Waals surface area contributed by atoms with E-state index in [1.807, 2.05) is 6.92 Å². The van der Waals surface area contributed by atoms with Crippen LogP contribution in [0.15, 0.2) is 10.8 Å². The Hall–Kier alpha value is -0.690. The van der Waals surface area contributed by atoms with Crippen LogP contribution in [-0.2, 0) is 10.8 Å². The Morgan fingerprint density at radius 2 is 2.00 bits per heavy atom. The minimum Gasteiger partial charge on any atom is -0.369 e. The molecule has 0 fully saturated rings. The molecule has 1 aromatic heterocycles. The van der Waals surface area contributed by atoms with Gasteiger partial charge in [-0.25, -0.2) is 9.97 Å². The molecule has 2 atom stereocenters. The molecule has 7 heteroatoms. The van der Waals surface area contributed by atoms with Crippen LogP contribution in [0.3, 0.4) is 0 Å². The number of nitrogens with one attached hydrogen (secondary N) is 2. The Labute approximate surface area is 119 Å². The van der Waals surface area contributed by atoms with Crippen LogP contribution in [0, 0.1) is 0 Å². The number of hydrogen-bond donors (Lipinski definition) is 2. The van der Waals surface area contributed by atoms with Gasteiger partial charge in [-0.05, 0) is 29.3 Å². The van der Waals surface area contributed by atoms with Crippen LogP contribution < -0.4 is 10.6 Å². The van der Waals surface area contributed by atoms with Gasteiger partial charge in [0.25, 0.3) is 0 Å². The first-order chi connectivity index (χ1) is 8.56. The average molecular weight is 335 g/mol. The van der Waals surface area contributed by atoms with Gasteiger partial charge in [-0.3, -0.25) is 4.21 Å². The van der Waals surface area contributed by atoms with Crippen molar-refractivity contribution < 1.29 is 4.21 Å². The zero-order valence-electron chi connectivity index (χ0n) is 10.9. The molecule has 5 nitrogen and oxygen atoms in total. The van der Waals surface area contributed by atoms with Crippen LogP contribution in [0.25, 0.3) is 0 Å². The van der Waals surface area contributed by atoms with Gasteiger partial charge in [-0.15, -0.1) is 0 Å². The van der Waals surface area contributed by atoms with Gasteiger partial charge in [0.1, 0.15) is 22.4 Å². The summed E-state index contributed by atoms with van der Waals surface area (Å²) in [6.07, 6.45) is 4.25. The Bertz CT molecular complexity index is 416. The van der Waals surface area contributed by atoms with Crippen molar-refractivity contribution in [2.75, 3.05) is 30.0 Å². The Balaban J connectivity index is 2.68. The van der Waals surface area contributed by atoms with Crippen LogP contribution in [0.1, 0.15) is 20.3 Å². The molecule has 1 rings (SSSR count). The quantitative estimate of drug-likeness (QED) is 0.800. The summed E-state index contributed by atoms with van der Waals surface area (Å²) in [4.78, 5) is 8.34. The third-order valence-electron chi connectivity index (χ3n) is 2.46. The molecule has 1 aromatic rings. The van der Waals surface area contributed by atoms with Crippen molar-refractivity contribution in [2.24, 2.45) is 0 Å². The van der Waals surface area contributed by atoms with E-state index in [2.05, 4.69) is 43.5 Å². The van der Waals surface area contributed by atoms with Crippen molar-refractivity contribution >= 4 is 38.4 Å². The first-order valence-corrected chi connectivity index (χ1v) is 8.28. The molecular formula is C11H19BrN4OS. The van der Waals surface area contributed by atoms with Gasteiger partial charge in [0.15, 0.2) is 0 Å². The Kier molecular flexibility index (Phi) is 6.56. The summed E-state index contributed by atoms with van der Waals surface area (Å²) in [7, 11) is -0.838. The molecule has 2 unspecified atom stereocenters. The second kappa shape index (κ2) is 7.68. The van der Waals surface area contributed by atoms with Crippen LogP contribution in [0.4, 0.5) is 11.6 Å². The van der Waals surface area contributed by atoms with Crippen LogP contribution in [0.5, 0.6) is 0 Å². The maximum atomic E-state index is 11.3. The smallest absolute Gasteiger partial charge is 0.145 e. The molecule has 18 heavy (non-hydrogen) atoms. The van der Waals surface area contributed by atoms with E-state index in [1.54, 1.807) is 6.26 Å². The maximum Gasteiger partial charge on any atom is 0.145 e. The van der Waals surface area contributed by atoms with E-state index in [4.69, 9.17) is 0 Å². The molecule has 0 aliphatic carbocycles. The topological polar surface area (TPSA) is 66.9 Å². The van der Waals surface area contributed by atoms with E-state index < -0.39 is 10.8 Å². The van der Waals surface area contributed by atoms with Crippen molar-refractivity contribution in [1.29, 1.82) is 0 Å². The van der Waals surface area contributed by atoms with Gasteiger partial charge in [0.05, 0.1) is 0 Å². The lowest BCUT2D eigenvalue weighted by Crippen LogP contribution is -2.21. The summed E-state index contributed by atoms with van der Waals surface area (Å²) in [5, 5.41) is 6.48. The highest BCUT2D eigenvalue weighted by Crippen LogP contribution is 2.26. The van der Waals surface area contributed by atoms with E-state index in [0.29, 0.717) is 6.54 Å². The summed E-state index contributed by atoms with van der Waals surface area (Å²) in [6, 6.07) is 0. The standard InChI is InChI=1S/C11H19BrN4OS/c1-4-5-13-10-9(12)11(16-7-15-10)14-6-8(2)18(3)17/h7-8H,4-6H2,1-3H3,(H2,13,14,15,16). The summed E-state index contributed by atoms with van der Waals surface area (Å²) in [6.45, 7) is 5.52. The van der Waals surface area contributed by atoms with Crippen molar-refractivity contribution in [3.05, 3.63) is 10.8 Å². The van der Waals surface area contributed by atoms with Gasteiger partial charge in [-0.1, -0.05) is 6.92 Å². The first-order valence-electron chi connectivity index (χ1n) is 5.86. The van der Waals surface area contributed by atoms with Gasteiger partial charge in [0, 0.05) is 35.4 Å². The van der Waals surface area contributed by atoms with Crippen LogP contribution in [0.2, 0.25) is 0 Å². The summed E-state index contributed by atoms with van der Waals surface area (Å²) in [5.41, 5.74) is 0. The van der Waals surface area contributed by atoms with E-state index in [9.17, 15) is 4.21 Å². The third-order valence-corrected chi connectivity index (χ3v) is 4.51. The highest BCUT2D eigenvalue weighted by atomic mass is 79.9. The molecule has 1 heterocycles. The van der Waals surface area contributed by atoms with E-state index in [1.165, 1.54) is 6.33 Å². The van der Waals surface area contributed by atoms with E-state index >= 15 is 0 Å². The molecule has 0 aliphatic heterocycles. The molecule has 102 valence electrons. The second-order valence-corrected chi connectivity index (χ2v) is 6.60. The first kappa shape index (κ1) is 15.4. The zero-order chi connectivity index (χ0) is 13.5. The lowest BCUT2D eigenvalue weighted by Gasteiger charge is -2.13. The largest absolute Gasteiger partial charge is 0.369 e. The summed E-state index contributed by atoms with van der Waals surface area (Å²) in [5.74, 6) is 1.50. The number of nitrogens with zero attached hydrogens (tertiary/aromatic N) is 2. The molecule has 0 spiro atoms. The maximum absolute atomic E-state index is 11.3. The molecule has 0 saturated carbocycles. The molecule has 0 saturated heterocycles. The monoisotopic (exact) mass is 334 g/mol. The molecule has 0 bridgehead atoms. The lowest BCUT2D eigenvalue weighted by molar-refractivity contribution is 0.678. The minimum atomic E-state index is -0.838. The van der Waals surface area contributed by atoms with Gasteiger partial charge < -0.3 is 10.6 Å². The molecule has 0 radical (unpaired) electrons. The Morgan fingerprint density at radius 1 is 1.39 bits per heavy atom. The fourth-order valence-corrected chi connectivity index (χ4v) is 2.02. The van der Waals surface area contributed by atoms with Crippen molar-refractivity contribution in [2.45, 2.75) is 25.5 Å². The number of aromatic nitrogens is 2. The number of rotatable bonds is 7. The SMILES string of the molecule is CCCNc1ncnc(NCC(C)S(C)=O)c1Br. The zero-order valence-corrected chi connectivity index (χ0v) is 13.3. The number of hydrogen-bond acceptors (Lipinski definition) is 5. The molecular weight excluding hydrogens is 316 g/mol. The second-order valence-electron chi connectivity index (χ2n) is 4.00. The van der Waals surface area contributed by atoms with Gasteiger partial charge in [0.2, 0.25) is 0 Å². The van der Waals surface area contributed by atoms with E-state index in [0.717, 1.165) is 29.1 Å². The highest BCUT2D eigenvalue weighted by molar-refractivity contribution is 9.10. The van der Waals surface area contributed by atoms with E-state index in [-0.39, 0.29) is 5.25 Å². The lowest BCUT2D eigenvalue weighted by atomic mass is 10.4. The van der Waals surface area contributed by atoms with Crippen LogP contribution in [-0.4, -0.2) is 38.8 Å². The molecule has 0 amide bonds. The predicted octanol–water partition coefficient (Wildman–Crippen LogP) is 2.24. The van der Waals surface area contributed by atoms with Crippen LogP contribution >= 0.6 is 15.9 Å². The van der Waals surface area contributed by atoms with Gasteiger partial charge in [-0.2, -0.15) is 0 Å². The average Bonchev–Trinajstić information content (AvgIpc) is 2.35. The van der Waals surface area contributed by atoms with Gasteiger partial charge >= 0.3 is 0 Å². The Morgan fingerprint density at radius 3 is 2.56 bits per heavy atom. The summed E-state index contributed by atoms with van der Waals surface area (Å²) < 4.78 is 12.1. The normalized spacial score (nSPS) is 14.0. The minimum absolute atomic E-state index is 0.0823. The summed E-state index contributed by atoms with van der Waals surface area (Å²) >= 11 is 3.47. The fourth-order valence-electron chi connectivity index (χ4n) is 1.22. The van der Waals surface area contributed by atoms with Crippen molar-refractivity contribution in [3.63, 3.8) is 0 Å². The third kappa shape index (κ3) is 4.53. The molecule has 0 aliphatic rings. The molecule has 2 N–H and O–H groups in total. The molecule has 0 aromatic carbocycles. The number of halogens is 1. The fraction of sp³-hybridized carbons (Fsp3) is 0.636. The van der Waals surface area contributed by atoms with Crippen molar-refractivity contribution in [3.8, 4) is 0 Å². The number of anilines is 2. The predicted molar refractivity (Wildman–Crippen MR) is 80.5 cm³/mol. The highest BCUT2D eigenvalue weighted by Gasteiger charge is 2.10. The van der Waals surface area contributed by atoms with Crippen molar-refractivity contribution in [1.82, 2.24) is 9.97 Å².